The van der Waals surface area contributed by atoms with Crippen molar-refractivity contribution in [2.45, 2.75) is 38.6 Å². The fourth-order valence-electron chi connectivity index (χ4n) is 3.78. The second-order valence-corrected chi connectivity index (χ2v) is 7.78. The van der Waals surface area contributed by atoms with Crippen LogP contribution in [0.4, 0.5) is 4.39 Å². The molecule has 0 spiro atoms. The van der Waals surface area contributed by atoms with Gasteiger partial charge in [-0.25, -0.2) is 4.39 Å². The van der Waals surface area contributed by atoms with Gasteiger partial charge < -0.3 is 15.8 Å². The largest absolute Gasteiger partial charge is 0.493 e. The number of hydrogen-bond donors (Lipinski definition) is 2. The second-order valence-electron chi connectivity index (χ2n) is 7.78. The number of amides is 1. The number of ether oxygens (including phenoxy) is 1. The van der Waals surface area contributed by atoms with Gasteiger partial charge in [0.2, 0.25) is 5.91 Å². The number of halogens is 1. The van der Waals surface area contributed by atoms with Crippen LogP contribution in [-0.2, 0) is 4.79 Å². The van der Waals surface area contributed by atoms with Crippen LogP contribution in [0.25, 0.3) is 0 Å². The van der Waals surface area contributed by atoms with Crippen LogP contribution in [-0.4, -0.2) is 49.6 Å². The summed E-state index contributed by atoms with van der Waals surface area (Å²) in [5, 5.41) is 3.12. The van der Waals surface area contributed by atoms with E-state index in [4.69, 9.17) is 10.5 Å². The van der Waals surface area contributed by atoms with Gasteiger partial charge in [-0.1, -0.05) is 6.07 Å². The molecule has 144 valence electrons. The maximum absolute atomic E-state index is 13.3. The van der Waals surface area contributed by atoms with Crippen LogP contribution in [0, 0.1) is 24.6 Å². The van der Waals surface area contributed by atoms with Gasteiger partial charge in [-0.15, -0.1) is 0 Å². The predicted molar refractivity (Wildman–Crippen MR) is 99.5 cm³/mol. The molecule has 0 atom stereocenters. The summed E-state index contributed by atoms with van der Waals surface area (Å²) in [4.78, 5) is 14.4. The van der Waals surface area contributed by atoms with Crippen LogP contribution < -0.4 is 15.8 Å². The summed E-state index contributed by atoms with van der Waals surface area (Å²) in [6.45, 7) is 5.64. The minimum Gasteiger partial charge on any atom is -0.493 e. The number of benzene rings is 1. The van der Waals surface area contributed by atoms with Crippen molar-refractivity contribution in [1.82, 2.24) is 10.2 Å². The number of rotatable bonds is 7. The SMILES string of the molecule is Cc1ccc(F)cc1OCC1CC(NC(=O)CN2CCC(CN)CC2)C1. The number of carbonyl (C=O) groups is 1. The van der Waals surface area contributed by atoms with Crippen molar-refractivity contribution in [3.05, 3.63) is 29.6 Å². The summed E-state index contributed by atoms with van der Waals surface area (Å²) >= 11 is 0. The summed E-state index contributed by atoms with van der Waals surface area (Å²) in [5.74, 6) is 1.48. The normalized spacial score (nSPS) is 24.1. The molecule has 0 bridgehead atoms. The maximum Gasteiger partial charge on any atom is 0.234 e. The highest BCUT2D eigenvalue weighted by molar-refractivity contribution is 5.78. The molecule has 0 radical (unpaired) electrons. The van der Waals surface area contributed by atoms with E-state index in [1.54, 1.807) is 6.07 Å². The first-order chi connectivity index (χ1) is 12.5. The molecular formula is C20H30FN3O2. The van der Waals surface area contributed by atoms with Gasteiger partial charge in [0, 0.05) is 12.1 Å². The molecule has 26 heavy (non-hydrogen) atoms. The van der Waals surface area contributed by atoms with E-state index in [0.29, 0.717) is 30.7 Å². The molecule has 0 aromatic heterocycles. The zero-order chi connectivity index (χ0) is 18.5. The van der Waals surface area contributed by atoms with E-state index in [1.165, 1.54) is 12.1 Å². The zero-order valence-corrected chi connectivity index (χ0v) is 15.5. The first-order valence-electron chi connectivity index (χ1n) is 9.64. The van der Waals surface area contributed by atoms with Crippen LogP contribution in [0.5, 0.6) is 5.75 Å². The zero-order valence-electron chi connectivity index (χ0n) is 15.5. The Morgan fingerprint density at radius 3 is 2.73 bits per heavy atom. The molecule has 1 aliphatic heterocycles. The monoisotopic (exact) mass is 363 g/mol. The average molecular weight is 363 g/mol. The quantitative estimate of drug-likeness (QED) is 0.778. The minimum absolute atomic E-state index is 0.113. The van der Waals surface area contributed by atoms with Crippen molar-refractivity contribution in [2.75, 3.05) is 32.8 Å². The summed E-state index contributed by atoms with van der Waals surface area (Å²) in [7, 11) is 0. The molecule has 1 aliphatic carbocycles. The van der Waals surface area contributed by atoms with E-state index in [1.807, 2.05) is 6.92 Å². The summed E-state index contributed by atoms with van der Waals surface area (Å²) in [6.07, 6.45) is 4.03. The Bertz CT molecular complexity index is 611. The van der Waals surface area contributed by atoms with Crippen molar-refractivity contribution in [2.24, 2.45) is 17.6 Å². The Labute approximate surface area is 155 Å². The summed E-state index contributed by atoms with van der Waals surface area (Å²) in [5.41, 5.74) is 6.64. The highest BCUT2D eigenvalue weighted by Crippen LogP contribution is 2.29. The third-order valence-corrected chi connectivity index (χ3v) is 5.63. The van der Waals surface area contributed by atoms with Gasteiger partial charge in [0.15, 0.2) is 0 Å². The molecule has 1 heterocycles. The van der Waals surface area contributed by atoms with Gasteiger partial charge in [0.25, 0.3) is 0 Å². The molecule has 1 saturated heterocycles. The number of nitrogens with one attached hydrogen (secondary N) is 1. The number of carbonyl (C=O) groups excluding carboxylic acids is 1. The molecule has 3 N–H and O–H groups in total. The standard InChI is InChI=1S/C20H30FN3O2/c1-14-2-3-17(21)10-19(14)26-13-16-8-18(9-16)23-20(25)12-24-6-4-15(11-22)5-7-24/h2-3,10,15-16,18H,4-9,11-13,22H2,1H3,(H,23,25). The molecule has 1 amide bonds. The first-order valence-corrected chi connectivity index (χ1v) is 9.64. The van der Waals surface area contributed by atoms with Gasteiger partial charge in [-0.05, 0) is 75.7 Å². The second kappa shape index (κ2) is 8.82. The summed E-state index contributed by atoms with van der Waals surface area (Å²) in [6, 6.07) is 4.84. The van der Waals surface area contributed by atoms with E-state index >= 15 is 0 Å². The lowest BCUT2D eigenvalue weighted by molar-refractivity contribution is -0.124. The Balaban J connectivity index is 1.31. The molecule has 5 nitrogen and oxygen atoms in total. The number of aryl methyl sites for hydroxylation is 1. The molecule has 6 heteroatoms. The van der Waals surface area contributed by atoms with Crippen LogP contribution in [0.15, 0.2) is 18.2 Å². The highest BCUT2D eigenvalue weighted by atomic mass is 19.1. The lowest BCUT2D eigenvalue weighted by Gasteiger charge is -2.37. The Kier molecular flexibility index (Phi) is 6.48. The maximum atomic E-state index is 13.3. The third kappa shape index (κ3) is 5.17. The van der Waals surface area contributed by atoms with E-state index in [0.717, 1.165) is 50.9 Å². The molecule has 1 aromatic rings. The number of hydrogen-bond acceptors (Lipinski definition) is 4. The lowest BCUT2D eigenvalue weighted by Crippen LogP contribution is -2.50. The van der Waals surface area contributed by atoms with Crippen molar-refractivity contribution in [1.29, 1.82) is 0 Å². The first kappa shape index (κ1) is 19.1. The number of likely N-dealkylation sites (tertiary alicyclic amines) is 1. The molecule has 2 fully saturated rings. The number of piperidine rings is 1. The molecule has 1 aromatic carbocycles. The average Bonchev–Trinajstić information content (AvgIpc) is 2.60. The third-order valence-electron chi connectivity index (χ3n) is 5.63. The molecule has 2 aliphatic rings. The smallest absolute Gasteiger partial charge is 0.234 e. The van der Waals surface area contributed by atoms with Crippen molar-refractivity contribution in [3.8, 4) is 5.75 Å². The van der Waals surface area contributed by atoms with Crippen LogP contribution in [0.2, 0.25) is 0 Å². The van der Waals surface area contributed by atoms with Crippen LogP contribution >= 0.6 is 0 Å². The topological polar surface area (TPSA) is 67.6 Å². The molecular weight excluding hydrogens is 333 g/mol. The van der Waals surface area contributed by atoms with Gasteiger partial charge in [-0.3, -0.25) is 9.69 Å². The Morgan fingerprint density at radius 1 is 1.31 bits per heavy atom. The highest BCUT2D eigenvalue weighted by Gasteiger charge is 2.31. The Morgan fingerprint density at radius 2 is 2.04 bits per heavy atom. The molecule has 1 saturated carbocycles. The number of nitrogens with two attached hydrogens (primary N) is 1. The van der Waals surface area contributed by atoms with Crippen molar-refractivity contribution >= 4 is 5.91 Å². The number of nitrogens with zero attached hydrogens (tertiary/aromatic N) is 1. The summed E-state index contributed by atoms with van der Waals surface area (Å²) < 4.78 is 19.0. The lowest BCUT2D eigenvalue weighted by atomic mass is 9.81. The van der Waals surface area contributed by atoms with E-state index in [2.05, 4.69) is 10.2 Å². The predicted octanol–water partition coefficient (Wildman–Crippen LogP) is 2.08. The van der Waals surface area contributed by atoms with Gasteiger partial charge >= 0.3 is 0 Å². The van der Waals surface area contributed by atoms with E-state index < -0.39 is 0 Å². The Hall–Kier alpha value is -1.66. The van der Waals surface area contributed by atoms with Crippen LogP contribution in [0.1, 0.15) is 31.2 Å². The van der Waals surface area contributed by atoms with Crippen LogP contribution in [0.3, 0.4) is 0 Å². The fourth-order valence-corrected chi connectivity index (χ4v) is 3.78. The van der Waals surface area contributed by atoms with Crippen molar-refractivity contribution < 1.29 is 13.9 Å². The van der Waals surface area contributed by atoms with E-state index in [9.17, 15) is 9.18 Å². The van der Waals surface area contributed by atoms with Crippen molar-refractivity contribution in [3.63, 3.8) is 0 Å². The van der Waals surface area contributed by atoms with Gasteiger partial charge in [-0.2, -0.15) is 0 Å². The van der Waals surface area contributed by atoms with Gasteiger partial charge in [0.1, 0.15) is 11.6 Å². The minimum atomic E-state index is -0.278. The van der Waals surface area contributed by atoms with E-state index in [-0.39, 0.29) is 17.8 Å². The molecule has 0 unspecified atom stereocenters. The van der Waals surface area contributed by atoms with Gasteiger partial charge in [0.05, 0.1) is 13.2 Å². The fraction of sp³-hybridized carbons (Fsp3) is 0.650. The molecule has 3 rings (SSSR count).